The summed E-state index contributed by atoms with van der Waals surface area (Å²) in [6.07, 6.45) is 7.31. The Morgan fingerprint density at radius 3 is 2.36 bits per heavy atom. The Morgan fingerprint density at radius 2 is 1.57 bits per heavy atom. The molecule has 1 aliphatic rings. The van der Waals surface area contributed by atoms with Gasteiger partial charge in [0.2, 0.25) is 0 Å². The van der Waals surface area contributed by atoms with Gasteiger partial charge < -0.3 is 0 Å². The molecule has 0 fully saturated rings. The van der Waals surface area contributed by atoms with E-state index >= 15 is 0 Å². The molecule has 0 saturated heterocycles. The number of hydrogen-bond donors (Lipinski definition) is 0. The number of aromatic nitrogens is 3. The highest BCUT2D eigenvalue weighted by atomic mass is 35.5. The summed E-state index contributed by atoms with van der Waals surface area (Å²) in [6, 6.07) is 14.4. The molecule has 140 valence electrons. The summed E-state index contributed by atoms with van der Waals surface area (Å²) in [6.45, 7) is 0. The van der Waals surface area contributed by atoms with Crippen LogP contribution < -0.4 is 0 Å². The van der Waals surface area contributed by atoms with Crippen LogP contribution in [0.25, 0.3) is 28.0 Å². The Balaban J connectivity index is 1.78. The maximum absolute atomic E-state index is 13.5. The predicted octanol–water partition coefficient (Wildman–Crippen LogP) is 6.12. The summed E-state index contributed by atoms with van der Waals surface area (Å²) in [5.41, 5.74) is 7.20. The lowest BCUT2D eigenvalue weighted by atomic mass is 10.00. The van der Waals surface area contributed by atoms with E-state index in [9.17, 15) is 4.39 Å². The molecule has 2 heterocycles. The lowest BCUT2D eigenvalue weighted by molar-refractivity contribution is 0.628. The van der Waals surface area contributed by atoms with Crippen LogP contribution in [0.5, 0.6) is 0 Å². The minimum absolute atomic E-state index is 0.234. The van der Waals surface area contributed by atoms with Crippen molar-refractivity contribution in [2.24, 2.45) is 0 Å². The predicted molar refractivity (Wildman–Crippen MR) is 110 cm³/mol. The Labute approximate surface area is 167 Å². The summed E-state index contributed by atoms with van der Waals surface area (Å²) in [5, 5.41) is 5.39. The Kier molecular flexibility index (Phi) is 4.36. The molecule has 0 spiro atoms. The summed E-state index contributed by atoms with van der Waals surface area (Å²) < 4.78 is 15.5. The first-order chi connectivity index (χ1) is 13.7. The molecule has 5 heteroatoms. The molecule has 0 saturated carbocycles. The second-order valence-electron chi connectivity index (χ2n) is 7.25. The fraction of sp³-hybridized carbons (Fsp3) is 0.217. The van der Waals surface area contributed by atoms with Gasteiger partial charge in [-0.2, -0.15) is 5.10 Å². The number of fused-ring (bicyclic) bond motifs is 3. The van der Waals surface area contributed by atoms with Crippen LogP contribution >= 0.6 is 11.6 Å². The highest BCUT2D eigenvalue weighted by molar-refractivity contribution is 6.30. The van der Waals surface area contributed by atoms with Crippen molar-refractivity contribution in [2.45, 2.75) is 32.1 Å². The van der Waals surface area contributed by atoms with Gasteiger partial charge >= 0.3 is 0 Å². The van der Waals surface area contributed by atoms with Crippen molar-refractivity contribution >= 4 is 17.2 Å². The number of hydrogen-bond acceptors (Lipinski definition) is 2. The van der Waals surface area contributed by atoms with Gasteiger partial charge in [-0.15, -0.1) is 0 Å². The number of benzene rings is 2. The molecule has 0 aliphatic heterocycles. The van der Waals surface area contributed by atoms with Crippen molar-refractivity contribution in [3.8, 4) is 22.4 Å². The van der Waals surface area contributed by atoms with Gasteiger partial charge in [0.15, 0.2) is 5.65 Å². The fourth-order valence-electron chi connectivity index (χ4n) is 4.06. The molecule has 5 rings (SSSR count). The molecule has 0 unspecified atom stereocenters. The van der Waals surface area contributed by atoms with E-state index < -0.39 is 0 Å². The molecule has 3 nitrogen and oxygen atoms in total. The Hall–Kier alpha value is -2.72. The average molecular weight is 392 g/mol. The average Bonchev–Trinajstić information content (AvgIpc) is 2.97. The van der Waals surface area contributed by atoms with Gasteiger partial charge in [-0.1, -0.05) is 30.2 Å². The van der Waals surface area contributed by atoms with Crippen LogP contribution in [-0.4, -0.2) is 14.6 Å². The highest BCUT2D eigenvalue weighted by Gasteiger charge is 2.21. The van der Waals surface area contributed by atoms with Crippen molar-refractivity contribution in [1.82, 2.24) is 14.6 Å². The van der Waals surface area contributed by atoms with Crippen molar-refractivity contribution < 1.29 is 4.39 Å². The third-order valence-electron chi connectivity index (χ3n) is 5.46. The highest BCUT2D eigenvalue weighted by Crippen LogP contribution is 2.33. The number of nitrogens with zero attached hydrogens (tertiary/aromatic N) is 3. The van der Waals surface area contributed by atoms with Gasteiger partial charge in [-0.25, -0.2) is 13.9 Å². The zero-order chi connectivity index (χ0) is 19.1. The van der Waals surface area contributed by atoms with Crippen LogP contribution in [0.1, 0.15) is 30.5 Å². The number of halogens is 2. The van der Waals surface area contributed by atoms with E-state index in [-0.39, 0.29) is 5.82 Å². The van der Waals surface area contributed by atoms with E-state index in [4.69, 9.17) is 16.6 Å². The van der Waals surface area contributed by atoms with Gasteiger partial charge in [-0.05, 0) is 67.6 Å². The molecular weight excluding hydrogens is 373 g/mol. The van der Waals surface area contributed by atoms with Crippen LogP contribution in [0.4, 0.5) is 4.39 Å². The molecule has 28 heavy (non-hydrogen) atoms. The van der Waals surface area contributed by atoms with Crippen molar-refractivity contribution in [3.63, 3.8) is 0 Å². The van der Waals surface area contributed by atoms with E-state index in [0.29, 0.717) is 5.02 Å². The van der Waals surface area contributed by atoms with E-state index in [2.05, 4.69) is 5.10 Å². The first-order valence-electron chi connectivity index (χ1n) is 9.62. The third-order valence-corrected chi connectivity index (χ3v) is 5.72. The third kappa shape index (κ3) is 2.98. The van der Waals surface area contributed by atoms with E-state index in [1.165, 1.54) is 29.8 Å². The lowest BCUT2D eigenvalue weighted by Gasteiger charge is -2.14. The van der Waals surface area contributed by atoms with Crippen LogP contribution in [0.2, 0.25) is 5.02 Å². The minimum Gasteiger partial charge on any atom is -0.228 e. The maximum atomic E-state index is 13.5. The second kappa shape index (κ2) is 7.02. The maximum Gasteiger partial charge on any atom is 0.163 e. The van der Waals surface area contributed by atoms with Crippen molar-refractivity contribution in [1.29, 1.82) is 0 Å². The summed E-state index contributed by atoms with van der Waals surface area (Å²) >= 11 is 6.06. The summed E-state index contributed by atoms with van der Waals surface area (Å²) in [5.74, 6) is -0.234. The van der Waals surface area contributed by atoms with Gasteiger partial charge in [0.05, 0.1) is 11.9 Å². The van der Waals surface area contributed by atoms with Crippen LogP contribution in [0, 0.1) is 5.82 Å². The zero-order valence-corrected chi connectivity index (χ0v) is 16.1. The fourth-order valence-corrected chi connectivity index (χ4v) is 4.18. The first kappa shape index (κ1) is 17.4. The minimum atomic E-state index is -0.234. The molecule has 2 aromatic heterocycles. The van der Waals surface area contributed by atoms with Crippen LogP contribution in [-0.2, 0) is 12.8 Å². The lowest BCUT2D eigenvalue weighted by Crippen LogP contribution is -2.07. The molecule has 4 aromatic rings. The molecule has 0 atom stereocenters. The molecule has 0 radical (unpaired) electrons. The smallest absolute Gasteiger partial charge is 0.163 e. The normalized spacial score (nSPS) is 14.1. The SMILES string of the molecule is Fc1ccc(-c2nc3c(-c4ccc(Cl)cc4)cnn3c3c2CCCCC3)cc1. The molecule has 2 aromatic carbocycles. The molecular formula is C23H19ClFN3. The summed E-state index contributed by atoms with van der Waals surface area (Å²) in [4.78, 5) is 5.03. The van der Waals surface area contributed by atoms with Gasteiger partial charge in [0.1, 0.15) is 5.82 Å². The van der Waals surface area contributed by atoms with Crippen molar-refractivity contribution in [3.05, 3.63) is 76.8 Å². The largest absolute Gasteiger partial charge is 0.228 e. The Bertz CT molecular complexity index is 1150. The topological polar surface area (TPSA) is 30.2 Å². The standard InChI is InChI=1S/C23H19ClFN3/c24-17-10-6-15(7-11-17)20-14-26-28-21-5-3-1-2-4-19(21)22(27-23(20)28)16-8-12-18(25)13-9-16/h6-14H,1-5H2. The van der Waals surface area contributed by atoms with Crippen LogP contribution in [0.15, 0.2) is 54.7 Å². The molecule has 0 N–H and O–H groups in total. The van der Waals surface area contributed by atoms with Crippen LogP contribution in [0.3, 0.4) is 0 Å². The van der Waals surface area contributed by atoms with E-state index in [0.717, 1.165) is 53.7 Å². The quantitative estimate of drug-likeness (QED) is 0.385. The van der Waals surface area contributed by atoms with Gasteiger partial charge in [0, 0.05) is 27.4 Å². The first-order valence-corrected chi connectivity index (χ1v) is 10.00. The number of aryl methyl sites for hydroxylation is 1. The Morgan fingerprint density at radius 1 is 0.857 bits per heavy atom. The van der Waals surface area contributed by atoms with Gasteiger partial charge in [0.25, 0.3) is 0 Å². The summed E-state index contributed by atoms with van der Waals surface area (Å²) in [7, 11) is 0. The molecule has 0 bridgehead atoms. The molecule has 1 aliphatic carbocycles. The zero-order valence-electron chi connectivity index (χ0n) is 15.3. The molecule has 0 amide bonds. The van der Waals surface area contributed by atoms with Gasteiger partial charge in [-0.3, -0.25) is 0 Å². The van der Waals surface area contributed by atoms with E-state index in [1.54, 1.807) is 0 Å². The number of rotatable bonds is 2. The van der Waals surface area contributed by atoms with E-state index in [1.807, 2.05) is 47.1 Å². The monoisotopic (exact) mass is 391 g/mol. The second-order valence-corrected chi connectivity index (χ2v) is 7.69. The van der Waals surface area contributed by atoms with Crippen molar-refractivity contribution in [2.75, 3.05) is 0 Å².